The summed E-state index contributed by atoms with van der Waals surface area (Å²) in [6.07, 6.45) is 0. The molecule has 0 spiro atoms. The van der Waals surface area contributed by atoms with E-state index in [4.69, 9.17) is 33.3 Å². The molecule has 0 aromatic heterocycles. The van der Waals surface area contributed by atoms with Crippen molar-refractivity contribution >= 4 is 51.1 Å². The van der Waals surface area contributed by atoms with Crippen LogP contribution in [0.3, 0.4) is 0 Å². The predicted molar refractivity (Wildman–Crippen MR) is 108 cm³/mol. The van der Waals surface area contributed by atoms with Crippen LogP contribution in [0.15, 0.2) is 54.6 Å². The Kier molecular flexibility index (Phi) is 5.26. The molecule has 3 aromatic carbocycles. The quantitative estimate of drug-likeness (QED) is 0.607. The van der Waals surface area contributed by atoms with Crippen LogP contribution in [0.25, 0.3) is 10.8 Å². The number of thiocarbonyl (C=S) groups is 1. The first-order chi connectivity index (χ1) is 12.1. The molecule has 3 rings (SSSR count). The van der Waals surface area contributed by atoms with E-state index >= 15 is 0 Å². The van der Waals surface area contributed by atoms with Gasteiger partial charge in [0.15, 0.2) is 5.11 Å². The zero-order valence-electron chi connectivity index (χ0n) is 13.8. The molecule has 0 saturated carbocycles. The van der Waals surface area contributed by atoms with Crippen molar-refractivity contribution in [3.05, 3.63) is 59.6 Å². The smallest absolute Gasteiger partial charge is 0.175 e. The van der Waals surface area contributed by atoms with Crippen molar-refractivity contribution in [2.24, 2.45) is 0 Å². The van der Waals surface area contributed by atoms with Gasteiger partial charge in [0.25, 0.3) is 0 Å². The van der Waals surface area contributed by atoms with E-state index in [1.165, 1.54) is 0 Å². The van der Waals surface area contributed by atoms with Gasteiger partial charge in [0.1, 0.15) is 11.5 Å². The summed E-state index contributed by atoms with van der Waals surface area (Å²) in [5.41, 5.74) is 1.58. The summed E-state index contributed by atoms with van der Waals surface area (Å²) in [5.74, 6) is 1.13. The van der Waals surface area contributed by atoms with E-state index in [2.05, 4.69) is 22.8 Å². The van der Waals surface area contributed by atoms with E-state index in [1.54, 1.807) is 26.4 Å². The fraction of sp³-hybridized carbons (Fsp3) is 0.105. The summed E-state index contributed by atoms with van der Waals surface area (Å²) in [6, 6.07) is 17.6. The van der Waals surface area contributed by atoms with Crippen molar-refractivity contribution in [2.75, 3.05) is 24.9 Å². The molecule has 0 saturated heterocycles. The molecule has 0 unspecified atom stereocenters. The molecule has 0 aliphatic carbocycles. The molecule has 2 N–H and O–H groups in total. The van der Waals surface area contributed by atoms with Crippen molar-refractivity contribution in [1.82, 2.24) is 0 Å². The molecule has 6 heteroatoms. The number of anilines is 2. The molecular weight excluding hydrogens is 356 g/mol. The van der Waals surface area contributed by atoms with Gasteiger partial charge in [-0.2, -0.15) is 0 Å². The fourth-order valence-corrected chi connectivity index (χ4v) is 3.03. The number of halogens is 1. The second-order valence-electron chi connectivity index (χ2n) is 5.29. The Morgan fingerprint density at radius 1 is 0.880 bits per heavy atom. The van der Waals surface area contributed by atoms with Gasteiger partial charge in [-0.25, -0.2) is 0 Å². The maximum absolute atomic E-state index is 6.20. The first kappa shape index (κ1) is 17.3. The zero-order valence-corrected chi connectivity index (χ0v) is 15.4. The minimum absolute atomic E-state index is 0.441. The van der Waals surface area contributed by atoms with Crippen molar-refractivity contribution < 1.29 is 9.47 Å². The Balaban J connectivity index is 1.84. The lowest BCUT2D eigenvalue weighted by Gasteiger charge is -2.16. The lowest BCUT2D eigenvalue weighted by Crippen LogP contribution is -2.19. The number of rotatable bonds is 4. The third-order valence-corrected chi connectivity index (χ3v) is 4.26. The summed E-state index contributed by atoms with van der Waals surface area (Å²) in [7, 11) is 3.13. The number of ether oxygens (including phenoxy) is 2. The van der Waals surface area contributed by atoms with E-state index in [1.807, 2.05) is 30.3 Å². The van der Waals surface area contributed by atoms with Gasteiger partial charge in [-0.1, -0.05) is 48.0 Å². The number of methoxy groups -OCH3 is 2. The zero-order chi connectivity index (χ0) is 17.8. The van der Waals surface area contributed by atoms with Crippen LogP contribution in [0, 0.1) is 0 Å². The molecule has 0 radical (unpaired) electrons. The predicted octanol–water partition coefficient (Wildman–Crippen LogP) is 5.32. The molecule has 3 aromatic rings. The van der Waals surface area contributed by atoms with Crippen molar-refractivity contribution in [3.8, 4) is 11.5 Å². The van der Waals surface area contributed by atoms with Gasteiger partial charge in [0.05, 0.1) is 24.9 Å². The van der Waals surface area contributed by atoms with Gasteiger partial charge < -0.3 is 20.1 Å². The largest absolute Gasteiger partial charge is 0.495 e. The monoisotopic (exact) mass is 372 g/mol. The van der Waals surface area contributed by atoms with Crippen molar-refractivity contribution in [3.63, 3.8) is 0 Å². The minimum Gasteiger partial charge on any atom is -0.495 e. The molecule has 0 amide bonds. The maximum Gasteiger partial charge on any atom is 0.175 e. The number of hydrogen-bond acceptors (Lipinski definition) is 3. The number of hydrogen-bond donors (Lipinski definition) is 2. The molecule has 0 fully saturated rings. The maximum atomic E-state index is 6.20. The normalized spacial score (nSPS) is 10.4. The lowest BCUT2D eigenvalue weighted by atomic mass is 10.1. The molecule has 128 valence electrons. The average Bonchev–Trinajstić information content (AvgIpc) is 2.62. The Morgan fingerprint density at radius 3 is 2.32 bits per heavy atom. The van der Waals surface area contributed by atoms with Crippen LogP contribution in [0.2, 0.25) is 5.02 Å². The SMILES string of the molecule is COc1cc(OC)c(NC(=S)Nc2cccc3ccccc23)cc1Cl. The molecule has 0 atom stereocenters. The highest BCUT2D eigenvalue weighted by Gasteiger charge is 2.11. The van der Waals surface area contributed by atoms with Gasteiger partial charge >= 0.3 is 0 Å². The van der Waals surface area contributed by atoms with E-state index in [0.29, 0.717) is 27.3 Å². The Bertz CT molecular complexity index is 925. The highest BCUT2D eigenvalue weighted by atomic mass is 35.5. The van der Waals surface area contributed by atoms with E-state index in [0.717, 1.165) is 16.5 Å². The summed E-state index contributed by atoms with van der Waals surface area (Å²) < 4.78 is 10.6. The van der Waals surface area contributed by atoms with Crippen LogP contribution in [0.1, 0.15) is 0 Å². The van der Waals surface area contributed by atoms with Gasteiger partial charge in [-0.3, -0.25) is 0 Å². The fourth-order valence-electron chi connectivity index (χ4n) is 2.57. The first-order valence-electron chi connectivity index (χ1n) is 7.59. The molecule has 0 aliphatic rings. The number of benzene rings is 3. The molecule has 4 nitrogen and oxygen atoms in total. The third-order valence-electron chi connectivity index (χ3n) is 3.76. The van der Waals surface area contributed by atoms with Crippen LogP contribution in [0.5, 0.6) is 11.5 Å². The first-order valence-corrected chi connectivity index (χ1v) is 8.38. The summed E-state index contributed by atoms with van der Waals surface area (Å²) in [5, 5.41) is 9.49. The van der Waals surface area contributed by atoms with Crippen molar-refractivity contribution in [2.45, 2.75) is 0 Å². The molecule has 0 heterocycles. The minimum atomic E-state index is 0.441. The summed E-state index contributed by atoms with van der Waals surface area (Å²) in [4.78, 5) is 0. The van der Waals surface area contributed by atoms with Crippen LogP contribution in [0.4, 0.5) is 11.4 Å². The highest BCUT2D eigenvalue weighted by molar-refractivity contribution is 7.80. The number of nitrogens with one attached hydrogen (secondary N) is 2. The van der Waals surface area contributed by atoms with Crippen LogP contribution in [-0.2, 0) is 0 Å². The Morgan fingerprint density at radius 2 is 1.56 bits per heavy atom. The van der Waals surface area contributed by atoms with E-state index in [9.17, 15) is 0 Å². The van der Waals surface area contributed by atoms with Gasteiger partial charge in [-0.15, -0.1) is 0 Å². The molecule has 25 heavy (non-hydrogen) atoms. The second-order valence-corrected chi connectivity index (χ2v) is 6.11. The Hall–Kier alpha value is -2.50. The molecule has 0 aliphatic heterocycles. The molecule has 0 bridgehead atoms. The third kappa shape index (κ3) is 3.78. The number of fused-ring (bicyclic) bond motifs is 1. The van der Waals surface area contributed by atoms with Gasteiger partial charge in [0.2, 0.25) is 0 Å². The lowest BCUT2D eigenvalue weighted by molar-refractivity contribution is 0.396. The highest BCUT2D eigenvalue weighted by Crippen LogP contribution is 2.36. The topological polar surface area (TPSA) is 42.5 Å². The van der Waals surface area contributed by atoms with E-state index < -0.39 is 0 Å². The summed E-state index contributed by atoms with van der Waals surface area (Å²) in [6.45, 7) is 0. The molecular formula is C19H17ClN2O2S. The second kappa shape index (κ2) is 7.59. The van der Waals surface area contributed by atoms with Crippen LogP contribution in [-0.4, -0.2) is 19.3 Å². The standard InChI is InChI=1S/C19H17ClN2O2S/c1-23-17-11-18(24-2)16(10-14(17)20)22-19(25)21-15-9-5-7-12-6-3-4-8-13(12)15/h3-11H,1-2H3,(H2,21,22,25). The Labute approximate surface area is 156 Å². The van der Waals surface area contributed by atoms with Crippen LogP contribution >= 0.6 is 23.8 Å². The average molecular weight is 373 g/mol. The van der Waals surface area contributed by atoms with Crippen molar-refractivity contribution in [1.29, 1.82) is 0 Å². The van der Waals surface area contributed by atoms with Gasteiger partial charge in [-0.05, 0) is 29.7 Å². The summed E-state index contributed by atoms with van der Waals surface area (Å²) >= 11 is 11.6. The van der Waals surface area contributed by atoms with E-state index in [-0.39, 0.29) is 0 Å². The van der Waals surface area contributed by atoms with Crippen LogP contribution < -0.4 is 20.1 Å². The van der Waals surface area contributed by atoms with Gasteiger partial charge in [0, 0.05) is 17.1 Å².